The van der Waals surface area contributed by atoms with E-state index in [1.807, 2.05) is 24.4 Å². The van der Waals surface area contributed by atoms with E-state index in [0.717, 1.165) is 11.3 Å². The number of aryl methyl sites for hydroxylation is 1. The van der Waals surface area contributed by atoms with Crippen LogP contribution in [0.1, 0.15) is 83.0 Å². The van der Waals surface area contributed by atoms with Crippen LogP contribution in [0.5, 0.6) is 0 Å². The van der Waals surface area contributed by atoms with E-state index < -0.39 is 31.4 Å². The molecular formula is C49H44IrN4-2. The molecule has 5 aromatic carbocycles. The van der Waals surface area contributed by atoms with Crippen molar-refractivity contribution in [3.63, 3.8) is 0 Å². The number of benzene rings is 5. The summed E-state index contributed by atoms with van der Waals surface area (Å²) >= 11 is 0. The van der Waals surface area contributed by atoms with E-state index in [4.69, 9.17) is 17.3 Å². The Morgan fingerprint density at radius 2 is 1.48 bits per heavy atom. The van der Waals surface area contributed by atoms with Gasteiger partial charge >= 0.3 is 0 Å². The molecule has 4 nitrogen and oxygen atoms in total. The Hall–Kier alpha value is -5.09. The third kappa shape index (κ3) is 5.20. The molecule has 0 spiro atoms. The van der Waals surface area contributed by atoms with Gasteiger partial charge in [0, 0.05) is 71.8 Å². The minimum atomic E-state index is -3.00. The smallest absolute Gasteiger partial charge is 0.135 e. The van der Waals surface area contributed by atoms with Crippen LogP contribution < -0.4 is 0 Å². The molecule has 0 atom stereocenters. The molecule has 10 rings (SSSR count). The van der Waals surface area contributed by atoms with Crippen molar-refractivity contribution in [2.45, 2.75) is 71.4 Å². The summed E-state index contributed by atoms with van der Waals surface area (Å²) in [6.45, 7) is 1.47. The Morgan fingerprint density at radius 3 is 2.24 bits per heavy atom. The fourth-order valence-corrected chi connectivity index (χ4v) is 7.97. The van der Waals surface area contributed by atoms with Crippen LogP contribution in [-0.2, 0) is 36.4 Å². The Balaban J connectivity index is 0.000000193. The third-order valence-electron chi connectivity index (χ3n) is 11.0. The Morgan fingerprint density at radius 1 is 0.759 bits per heavy atom. The zero-order valence-corrected chi connectivity index (χ0v) is 33.1. The number of rotatable bonds is 2. The summed E-state index contributed by atoms with van der Waals surface area (Å²) in [6, 6.07) is 42.7. The fourth-order valence-electron chi connectivity index (χ4n) is 7.97. The average molecular weight is 890 g/mol. The molecule has 1 radical (unpaired) electrons. The molecule has 0 unspecified atom stereocenters. The molecule has 0 saturated heterocycles. The molecule has 0 amide bonds. The van der Waals surface area contributed by atoms with E-state index >= 15 is 0 Å². The first kappa shape index (κ1) is 26.6. The Bertz CT molecular complexity index is 3160. The van der Waals surface area contributed by atoms with Gasteiger partial charge in [0.15, 0.2) is 0 Å². The minimum Gasteiger partial charge on any atom is -0.336 e. The van der Waals surface area contributed by atoms with Crippen LogP contribution in [0.25, 0.3) is 66.2 Å². The second kappa shape index (κ2) is 12.8. The maximum absolute atomic E-state index is 8.82. The molecular weight excluding hydrogens is 837 g/mol. The van der Waals surface area contributed by atoms with Crippen LogP contribution >= 0.6 is 0 Å². The van der Waals surface area contributed by atoms with Gasteiger partial charge in [-0.15, -0.1) is 35.0 Å². The standard InChI is InChI=1S/C28H25N2.C21H19N2.Ir/c1-17-15-16-21-24-22(17)19-13-9-10-14-20(19)26-29-23(18-11-7-6-8-12-18)25(30(24)26)28(4,5)27(21,2)3;1-21(2,3)15-12-13-22-20(14-15)23-18-10-6-4-8-16(18)17-9-5-7-11-19(17)23;/h6-13,15-16H,1-5H3;4-10,12-14H,1-3H3;/q2*-1;/i1D3,4D3,5D3;;. The van der Waals surface area contributed by atoms with Crippen molar-refractivity contribution in [2.24, 2.45) is 0 Å². The van der Waals surface area contributed by atoms with Crippen LogP contribution in [0.3, 0.4) is 0 Å². The second-order valence-corrected chi connectivity index (χ2v) is 15.5. The summed E-state index contributed by atoms with van der Waals surface area (Å²) in [5.41, 5.74) is 1.93. The maximum Gasteiger partial charge on any atom is 0.135 e. The van der Waals surface area contributed by atoms with Crippen molar-refractivity contribution in [3.8, 4) is 17.1 Å². The largest absolute Gasteiger partial charge is 0.336 e. The monoisotopic (exact) mass is 890 g/mol. The predicted molar refractivity (Wildman–Crippen MR) is 221 cm³/mol. The van der Waals surface area contributed by atoms with E-state index in [9.17, 15) is 0 Å². The van der Waals surface area contributed by atoms with E-state index in [2.05, 4.69) is 84.9 Å². The molecule has 271 valence electrons. The van der Waals surface area contributed by atoms with Gasteiger partial charge in [0.25, 0.3) is 0 Å². The number of aromatic nitrogens is 4. The molecule has 5 heterocycles. The number of para-hydroxylation sites is 2. The van der Waals surface area contributed by atoms with Gasteiger partial charge in [0.1, 0.15) is 5.82 Å². The maximum atomic E-state index is 8.82. The van der Waals surface area contributed by atoms with Gasteiger partial charge in [-0.1, -0.05) is 125 Å². The molecule has 9 aromatic rings. The number of hydrogen-bond donors (Lipinski definition) is 0. The molecule has 0 saturated carbocycles. The van der Waals surface area contributed by atoms with Gasteiger partial charge in [-0.3, -0.25) is 4.98 Å². The molecule has 1 aliphatic heterocycles. The van der Waals surface area contributed by atoms with Gasteiger partial charge in [0.2, 0.25) is 0 Å². The quantitative estimate of drug-likeness (QED) is 0.128. The van der Waals surface area contributed by atoms with Crippen molar-refractivity contribution < 1.29 is 32.4 Å². The molecule has 0 N–H and O–H groups in total. The van der Waals surface area contributed by atoms with Crippen LogP contribution in [0.4, 0.5) is 0 Å². The second-order valence-electron chi connectivity index (χ2n) is 15.5. The van der Waals surface area contributed by atoms with E-state index in [-0.39, 0.29) is 42.5 Å². The van der Waals surface area contributed by atoms with E-state index in [0.29, 0.717) is 38.4 Å². The summed E-state index contributed by atoms with van der Waals surface area (Å²) in [6.07, 6.45) is 1.90. The first-order valence-corrected chi connectivity index (χ1v) is 17.9. The van der Waals surface area contributed by atoms with Crippen LogP contribution in [0.15, 0.2) is 121 Å². The zero-order valence-electron chi connectivity index (χ0n) is 39.7. The number of hydrogen-bond acceptors (Lipinski definition) is 2. The Kier molecular flexibility index (Phi) is 6.29. The van der Waals surface area contributed by atoms with Gasteiger partial charge in [-0.2, -0.15) is 24.3 Å². The zero-order chi connectivity index (χ0) is 44.4. The van der Waals surface area contributed by atoms with E-state index in [1.54, 1.807) is 66.8 Å². The number of pyridine rings is 2. The van der Waals surface area contributed by atoms with Crippen molar-refractivity contribution in [1.29, 1.82) is 0 Å². The predicted octanol–water partition coefficient (Wildman–Crippen LogP) is 12.3. The molecule has 0 aliphatic carbocycles. The van der Waals surface area contributed by atoms with E-state index in [1.165, 1.54) is 27.9 Å². The van der Waals surface area contributed by atoms with Crippen LogP contribution in [0, 0.1) is 19.0 Å². The molecule has 4 aromatic heterocycles. The molecule has 0 bridgehead atoms. The topological polar surface area (TPSA) is 35.1 Å². The molecule has 54 heavy (non-hydrogen) atoms. The number of imidazole rings is 1. The number of fused-ring (bicyclic) bond motifs is 6. The SMILES string of the molecule is CC(C)(C)c1ccnc(-n2c3[c-]cccc3c3ccccc32)c1.[2H]C([2H])([2H])c1ccc2c3c1c1ccc[c-]c1c1nc(-c4ccccc4)c(n13)C(C([2H])([2H])[2H])(C([2H])([2H])[2H])C2(C)C.[Ir]. The van der Waals surface area contributed by atoms with Crippen molar-refractivity contribution >= 4 is 49.1 Å². The van der Waals surface area contributed by atoms with Gasteiger partial charge in [-0.05, 0) is 52.4 Å². The van der Waals surface area contributed by atoms with Gasteiger partial charge < -0.3 is 8.97 Å². The van der Waals surface area contributed by atoms with Crippen LogP contribution in [0.2, 0.25) is 0 Å². The van der Waals surface area contributed by atoms with Crippen molar-refractivity contribution in [2.75, 3.05) is 0 Å². The summed E-state index contributed by atoms with van der Waals surface area (Å²) in [5, 5.41) is 3.97. The molecule has 0 fully saturated rings. The summed E-state index contributed by atoms with van der Waals surface area (Å²) in [7, 11) is 0. The van der Waals surface area contributed by atoms with Gasteiger partial charge in [-0.25, -0.2) is 4.98 Å². The van der Waals surface area contributed by atoms with Gasteiger partial charge in [0.05, 0.1) is 11.3 Å². The first-order chi connectivity index (χ1) is 29.1. The summed E-state index contributed by atoms with van der Waals surface area (Å²) in [4.78, 5) is 9.57. The first-order valence-electron chi connectivity index (χ1n) is 22.4. The average Bonchev–Trinajstić information content (AvgIpc) is 3.77. The summed E-state index contributed by atoms with van der Waals surface area (Å²) in [5.74, 6) is 0.950. The summed E-state index contributed by atoms with van der Waals surface area (Å²) < 4.78 is 81.7. The fraction of sp³-hybridized carbons (Fsp3) is 0.224. The molecule has 5 heteroatoms. The number of nitrogens with zero attached hydrogens (tertiary/aromatic N) is 4. The van der Waals surface area contributed by atoms with Crippen LogP contribution in [-0.4, -0.2) is 18.9 Å². The minimum absolute atomic E-state index is 0. The third-order valence-corrected chi connectivity index (χ3v) is 11.0. The van der Waals surface area contributed by atoms with Crippen molar-refractivity contribution in [1.82, 2.24) is 18.9 Å². The molecule has 1 aliphatic rings. The van der Waals surface area contributed by atoms with Crippen molar-refractivity contribution in [3.05, 3.63) is 156 Å². The Labute approximate surface area is 343 Å². The normalized spacial score (nSPS) is 17.6.